The summed E-state index contributed by atoms with van der Waals surface area (Å²) in [5.74, 6) is -0.230. The van der Waals surface area contributed by atoms with Crippen LogP contribution in [0.2, 0.25) is 0 Å². The lowest BCUT2D eigenvalue weighted by Gasteiger charge is -2.24. The second kappa shape index (κ2) is 6.59. The Labute approximate surface area is 150 Å². The van der Waals surface area contributed by atoms with Gasteiger partial charge in [0.25, 0.3) is 5.91 Å². The largest absolute Gasteiger partial charge is 0.325 e. The summed E-state index contributed by atoms with van der Waals surface area (Å²) in [5, 5.41) is 9.74. The maximum Gasteiger partial charge on any atom is 0.273 e. The topological polar surface area (TPSA) is 80.1 Å². The van der Waals surface area contributed by atoms with Crippen molar-refractivity contribution in [2.45, 2.75) is 44.6 Å². The number of aromatic nitrogens is 3. The standard InChI is InChI=1S/C17H21N5O2S/c1-21-14(11-5-2-3-6-12(11)20-21)16(24)22-9-4-7-13(22)15(23)19-17-18-8-10-25-17/h8,10,13H,2-7,9H2,1H3,(H,18,19,23). The average Bonchev–Trinajstić information content (AvgIpc) is 3.33. The van der Waals surface area contributed by atoms with Gasteiger partial charge < -0.3 is 10.2 Å². The van der Waals surface area contributed by atoms with Crippen molar-refractivity contribution in [3.63, 3.8) is 0 Å². The molecule has 1 N–H and O–H groups in total. The Balaban J connectivity index is 1.57. The molecule has 1 unspecified atom stereocenters. The molecular formula is C17H21N5O2S. The Morgan fingerprint density at radius 3 is 2.92 bits per heavy atom. The van der Waals surface area contributed by atoms with Gasteiger partial charge in [0.15, 0.2) is 5.13 Å². The minimum atomic E-state index is -0.439. The van der Waals surface area contributed by atoms with Crippen LogP contribution >= 0.6 is 11.3 Å². The van der Waals surface area contributed by atoms with Crippen LogP contribution in [0, 0.1) is 0 Å². The molecule has 132 valence electrons. The predicted octanol–water partition coefficient (Wildman–Crippen LogP) is 2.00. The monoisotopic (exact) mass is 359 g/mol. The van der Waals surface area contributed by atoms with Crippen LogP contribution in [-0.4, -0.2) is 44.1 Å². The first-order valence-electron chi connectivity index (χ1n) is 8.71. The van der Waals surface area contributed by atoms with Crippen molar-refractivity contribution in [2.24, 2.45) is 7.05 Å². The van der Waals surface area contributed by atoms with E-state index in [1.165, 1.54) is 11.3 Å². The summed E-state index contributed by atoms with van der Waals surface area (Å²) in [6.07, 6.45) is 7.22. The first-order chi connectivity index (χ1) is 12.1. The predicted molar refractivity (Wildman–Crippen MR) is 94.7 cm³/mol. The highest BCUT2D eigenvalue weighted by molar-refractivity contribution is 7.13. The summed E-state index contributed by atoms with van der Waals surface area (Å²) in [7, 11) is 1.83. The summed E-state index contributed by atoms with van der Waals surface area (Å²) < 4.78 is 1.70. The van der Waals surface area contributed by atoms with Crippen molar-refractivity contribution in [3.05, 3.63) is 28.5 Å². The summed E-state index contributed by atoms with van der Waals surface area (Å²) >= 11 is 1.38. The highest BCUT2D eigenvalue weighted by atomic mass is 32.1. The minimum absolute atomic E-state index is 0.0741. The van der Waals surface area contributed by atoms with Gasteiger partial charge in [-0.2, -0.15) is 5.10 Å². The van der Waals surface area contributed by atoms with E-state index >= 15 is 0 Å². The Kier molecular flexibility index (Phi) is 4.29. The number of likely N-dealkylation sites (tertiary alicyclic amines) is 1. The SMILES string of the molecule is Cn1nc2c(c1C(=O)N1CCCC1C(=O)Nc1nccs1)CCCC2. The van der Waals surface area contributed by atoms with Crippen LogP contribution in [0.5, 0.6) is 0 Å². The maximum atomic E-state index is 13.2. The van der Waals surface area contributed by atoms with E-state index in [2.05, 4.69) is 15.4 Å². The van der Waals surface area contributed by atoms with Crippen LogP contribution in [0.15, 0.2) is 11.6 Å². The molecule has 2 aliphatic rings. The van der Waals surface area contributed by atoms with E-state index < -0.39 is 6.04 Å². The van der Waals surface area contributed by atoms with E-state index in [1.54, 1.807) is 15.8 Å². The quantitative estimate of drug-likeness (QED) is 0.909. The van der Waals surface area contributed by atoms with E-state index in [4.69, 9.17) is 0 Å². The molecule has 1 atom stereocenters. The van der Waals surface area contributed by atoms with Gasteiger partial charge in [0.05, 0.1) is 5.69 Å². The molecule has 2 aromatic heterocycles. The molecular weight excluding hydrogens is 338 g/mol. The number of carbonyl (C=O) groups excluding carboxylic acids is 2. The molecule has 2 amide bonds. The number of amides is 2. The second-order valence-corrected chi connectivity index (χ2v) is 7.48. The van der Waals surface area contributed by atoms with E-state index in [0.29, 0.717) is 23.8 Å². The van der Waals surface area contributed by atoms with Crippen LogP contribution in [0.1, 0.15) is 47.4 Å². The fourth-order valence-corrected chi connectivity index (χ4v) is 4.37. The van der Waals surface area contributed by atoms with Crippen molar-refractivity contribution >= 4 is 28.3 Å². The average molecular weight is 359 g/mol. The van der Waals surface area contributed by atoms with Crippen LogP contribution in [0.25, 0.3) is 0 Å². The Hall–Kier alpha value is -2.22. The lowest BCUT2D eigenvalue weighted by molar-refractivity contribution is -0.119. The minimum Gasteiger partial charge on any atom is -0.325 e. The van der Waals surface area contributed by atoms with E-state index in [9.17, 15) is 9.59 Å². The first kappa shape index (κ1) is 16.3. The highest BCUT2D eigenvalue weighted by Crippen LogP contribution is 2.28. The van der Waals surface area contributed by atoms with Gasteiger partial charge in [0.2, 0.25) is 5.91 Å². The molecule has 8 heteroatoms. The molecule has 1 aliphatic carbocycles. The fraction of sp³-hybridized carbons (Fsp3) is 0.529. The van der Waals surface area contributed by atoms with Crippen molar-refractivity contribution < 1.29 is 9.59 Å². The number of hydrogen-bond donors (Lipinski definition) is 1. The lowest BCUT2D eigenvalue weighted by atomic mass is 9.95. The number of fused-ring (bicyclic) bond motifs is 1. The Morgan fingerprint density at radius 2 is 2.12 bits per heavy atom. The molecule has 25 heavy (non-hydrogen) atoms. The smallest absolute Gasteiger partial charge is 0.273 e. The van der Waals surface area contributed by atoms with Crippen molar-refractivity contribution in [2.75, 3.05) is 11.9 Å². The number of aryl methyl sites for hydroxylation is 2. The number of rotatable bonds is 3. The van der Waals surface area contributed by atoms with Gasteiger partial charge in [-0.1, -0.05) is 0 Å². The van der Waals surface area contributed by atoms with Crippen molar-refractivity contribution in [1.29, 1.82) is 0 Å². The fourth-order valence-electron chi connectivity index (χ4n) is 3.84. The molecule has 0 radical (unpaired) electrons. The zero-order chi connectivity index (χ0) is 17.4. The zero-order valence-corrected chi connectivity index (χ0v) is 15.0. The number of nitrogens with zero attached hydrogens (tertiary/aromatic N) is 4. The molecule has 1 fully saturated rings. The van der Waals surface area contributed by atoms with Crippen LogP contribution in [0.4, 0.5) is 5.13 Å². The van der Waals surface area contributed by atoms with Crippen LogP contribution in [0.3, 0.4) is 0 Å². The number of hydrogen-bond acceptors (Lipinski definition) is 5. The molecule has 1 saturated heterocycles. The third kappa shape index (κ3) is 2.95. The normalized spacial score (nSPS) is 19.7. The number of anilines is 1. The van der Waals surface area contributed by atoms with E-state index in [0.717, 1.165) is 43.4 Å². The molecule has 4 rings (SSSR count). The molecule has 0 saturated carbocycles. The van der Waals surface area contributed by atoms with Gasteiger partial charge in [0, 0.05) is 30.7 Å². The van der Waals surface area contributed by atoms with Crippen LogP contribution in [-0.2, 0) is 24.7 Å². The summed E-state index contributed by atoms with van der Waals surface area (Å²) in [6.45, 7) is 0.606. The Morgan fingerprint density at radius 1 is 1.28 bits per heavy atom. The molecule has 0 bridgehead atoms. The molecule has 3 heterocycles. The van der Waals surface area contributed by atoms with Crippen molar-refractivity contribution in [1.82, 2.24) is 19.7 Å². The van der Waals surface area contributed by atoms with E-state index in [1.807, 2.05) is 12.4 Å². The van der Waals surface area contributed by atoms with Gasteiger partial charge in [0.1, 0.15) is 11.7 Å². The lowest BCUT2D eigenvalue weighted by Crippen LogP contribution is -2.44. The van der Waals surface area contributed by atoms with Crippen molar-refractivity contribution in [3.8, 4) is 0 Å². The summed E-state index contributed by atoms with van der Waals surface area (Å²) in [6, 6.07) is -0.439. The number of nitrogens with one attached hydrogen (secondary N) is 1. The number of carbonyl (C=O) groups is 2. The molecule has 7 nitrogen and oxygen atoms in total. The summed E-state index contributed by atoms with van der Waals surface area (Å²) in [5.41, 5.74) is 2.77. The first-order valence-corrected chi connectivity index (χ1v) is 9.59. The van der Waals surface area contributed by atoms with Crippen LogP contribution < -0.4 is 5.32 Å². The maximum absolute atomic E-state index is 13.2. The van der Waals surface area contributed by atoms with Gasteiger partial charge in [-0.3, -0.25) is 14.3 Å². The van der Waals surface area contributed by atoms with Gasteiger partial charge in [-0.15, -0.1) is 11.3 Å². The number of thiazole rings is 1. The van der Waals surface area contributed by atoms with Gasteiger partial charge in [-0.05, 0) is 38.5 Å². The molecule has 2 aromatic rings. The zero-order valence-electron chi connectivity index (χ0n) is 14.2. The third-order valence-corrected chi connectivity index (χ3v) is 5.69. The molecule has 0 spiro atoms. The van der Waals surface area contributed by atoms with E-state index in [-0.39, 0.29) is 11.8 Å². The Bertz CT molecular complexity index is 798. The second-order valence-electron chi connectivity index (χ2n) is 6.59. The molecule has 1 aliphatic heterocycles. The third-order valence-electron chi connectivity index (χ3n) is 5.00. The highest BCUT2D eigenvalue weighted by Gasteiger charge is 2.37. The van der Waals surface area contributed by atoms with Gasteiger partial charge in [-0.25, -0.2) is 4.98 Å². The van der Waals surface area contributed by atoms with Gasteiger partial charge >= 0.3 is 0 Å². The molecule has 0 aromatic carbocycles. The summed E-state index contributed by atoms with van der Waals surface area (Å²) in [4.78, 5) is 31.6.